The van der Waals surface area contributed by atoms with E-state index in [2.05, 4.69) is 13.8 Å². The molecule has 1 fully saturated rings. The molecule has 1 atom stereocenters. The Bertz CT molecular complexity index is 229. The molecule has 1 unspecified atom stereocenters. The van der Waals surface area contributed by atoms with E-state index >= 15 is 0 Å². The van der Waals surface area contributed by atoms with Crippen molar-refractivity contribution >= 4 is 0 Å². The molecular formula is C13H27NO3. The third kappa shape index (κ3) is 3.19. The minimum atomic E-state index is -0.654. The van der Waals surface area contributed by atoms with Gasteiger partial charge in [-0.1, -0.05) is 13.8 Å². The van der Waals surface area contributed by atoms with Crippen LogP contribution in [0.1, 0.15) is 39.5 Å². The predicted molar refractivity (Wildman–Crippen MR) is 67.5 cm³/mol. The van der Waals surface area contributed by atoms with Crippen molar-refractivity contribution in [2.24, 2.45) is 16.6 Å². The Morgan fingerprint density at radius 2 is 1.59 bits per heavy atom. The average Bonchev–Trinajstić information content (AvgIpc) is 2.31. The maximum Gasteiger partial charge on any atom is 0.183 e. The van der Waals surface area contributed by atoms with Crippen LogP contribution in [0.4, 0.5) is 0 Å². The van der Waals surface area contributed by atoms with E-state index in [0.29, 0.717) is 12.0 Å². The van der Waals surface area contributed by atoms with Crippen LogP contribution in [-0.4, -0.2) is 38.3 Å². The summed E-state index contributed by atoms with van der Waals surface area (Å²) in [4.78, 5) is 0. The van der Waals surface area contributed by atoms with Gasteiger partial charge in [-0.3, -0.25) is 0 Å². The van der Waals surface area contributed by atoms with Crippen LogP contribution in [0.25, 0.3) is 0 Å². The van der Waals surface area contributed by atoms with Gasteiger partial charge in [-0.05, 0) is 31.1 Å². The average molecular weight is 245 g/mol. The van der Waals surface area contributed by atoms with E-state index in [-0.39, 0.29) is 5.41 Å². The third-order valence-corrected chi connectivity index (χ3v) is 4.36. The number of ether oxygens (including phenoxy) is 2. The lowest BCUT2D eigenvalue weighted by Crippen LogP contribution is -2.51. The van der Waals surface area contributed by atoms with Gasteiger partial charge in [0.1, 0.15) is 6.10 Å². The lowest BCUT2D eigenvalue weighted by atomic mass is 9.62. The number of nitrogens with two attached hydrogens (primary N) is 1. The molecule has 0 aromatic rings. The molecule has 0 aliphatic heterocycles. The molecule has 1 saturated carbocycles. The summed E-state index contributed by atoms with van der Waals surface area (Å²) in [7, 11) is 3.10. The monoisotopic (exact) mass is 245 g/mol. The van der Waals surface area contributed by atoms with Gasteiger partial charge in [0.15, 0.2) is 6.29 Å². The fourth-order valence-electron chi connectivity index (χ4n) is 2.69. The quantitative estimate of drug-likeness (QED) is 0.721. The Morgan fingerprint density at radius 1 is 1.12 bits per heavy atom. The molecular weight excluding hydrogens is 218 g/mol. The molecule has 0 spiro atoms. The molecule has 4 heteroatoms. The van der Waals surface area contributed by atoms with Gasteiger partial charge in [-0.25, -0.2) is 0 Å². The Kier molecular flexibility index (Phi) is 4.95. The fourth-order valence-corrected chi connectivity index (χ4v) is 2.69. The number of hydrogen-bond donors (Lipinski definition) is 2. The fraction of sp³-hybridized carbons (Fsp3) is 1.00. The molecule has 0 bridgehead atoms. The number of aliphatic hydroxyl groups excluding tert-OH is 1. The van der Waals surface area contributed by atoms with Gasteiger partial charge in [0.25, 0.3) is 0 Å². The van der Waals surface area contributed by atoms with Crippen molar-refractivity contribution in [2.45, 2.75) is 51.9 Å². The normalized spacial score (nSPS) is 24.9. The first kappa shape index (κ1) is 14.9. The van der Waals surface area contributed by atoms with Crippen molar-refractivity contribution in [1.29, 1.82) is 0 Å². The standard InChI is InChI=1S/C13H27NO3/c1-12(2)5-7-13(9-14,8-6-12)10(15)11(16-3)17-4/h10-11,15H,5-9,14H2,1-4H3. The van der Waals surface area contributed by atoms with Crippen LogP contribution in [0.2, 0.25) is 0 Å². The van der Waals surface area contributed by atoms with E-state index in [9.17, 15) is 5.11 Å². The molecule has 4 nitrogen and oxygen atoms in total. The minimum Gasteiger partial charge on any atom is -0.387 e. The van der Waals surface area contributed by atoms with Crippen molar-refractivity contribution < 1.29 is 14.6 Å². The van der Waals surface area contributed by atoms with Gasteiger partial charge in [0.05, 0.1) is 0 Å². The molecule has 3 N–H and O–H groups in total. The lowest BCUT2D eigenvalue weighted by molar-refractivity contribution is -0.205. The molecule has 0 aromatic heterocycles. The predicted octanol–water partition coefficient (Wildman–Crippen LogP) is 1.51. The summed E-state index contributed by atoms with van der Waals surface area (Å²) in [6, 6.07) is 0. The Morgan fingerprint density at radius 3 is 1.94 bits per heavy atom. The molecule has 17 heavy (non-hydrogen) atoms. The van der Waals surface area contributed by atoms with Gasteiger partial charge >= 0.3 is 0 Å². The summed E-state index contributed by atoms with van der Waals surface area (Å²) < 4.78 is 10.3. The maximum atomic E-state index is 10.4. The molecule has 1 aliphatic rings. The first-order chi connectivity index (χ1) is 7.90. The van der Waals surface area contributed by atoms with E-state index in [1.807, 2.05) is 0 Å². The molecule has 0 radical (unpaired) electrons. The third-order valence-electron chi connectivity index (χ3n) is 4.36. The highest BCUT2D eigenvalue weighted by Crippen LogP contribution is 2.47. The summed E-state index contributed by atoms with van der Waals surface area (Å²) in [5.74, 6) is 0. The lowest BCUT2D eigenvalue weighted by Gasteiger charge is -2.46. The SMILES string of the molecule is COC(OC)C(O)C1(CN)CCC(C)(C)CC1. The Hall–Kier alpha value is -0.160. The summed E-state index contributed by atoms with van der Waals surface area (Å²) in [6.07, 6.45) is 2.79. The second-order valence-electron chi connectivity index (χ2n) is 6.02. The second kappa shape index (κ2) is 5.65. The van der Waals surface area contributed by atoms with Crippen LogP contribution in [-0.2, 0) is 9.47 Å². The smallest absolute Gasteiger partial charge is 0.183 e. The molecule has 0 heterocycles. The van der Waals surface area contributed by atoms with Crippen molar-refractivity contribution in [2.75, 3.05) is 20.8 Å². The van der Waals surface area contributed by atoms with E-state index in [4.69, 9.17) is 15.2 Å². The van der Waals surface area contributed by atoms with E-state index in [1.165, 1.54) is 0 Å². The summed E-state index contributed by atoms with van der Waals surface area (Å²) in [6.45, 7) is 5.02. The largest absolute Gasteiger partial charge is 0.387 e. The molecule has 1 rings (SSSR count). The van der Waals surface area contributed by atoms with Crippen LogP contribution in [0.5, 0.6) is 0 Å². The number of hydrogen-bond acceptors (Lipinski definition) is 4. The summed E-state index contributed by atoms with van der Waals surface area (Å²) in [5.41, 5.74) is 6.00. The molecule has 0 amide bonds. The van der Waals surface area contributed by atoms with Crippen molar-refractivity contribution in [3.63, 3.8) is 0 Å². The van der Waals surface area contributed by atoms with E-state index in [0.717, 1.165) is 25.7 Å². The van der Waals surface area contributed by atoms with Gasteiger partial charge in [0.2, 0.25) is 0 Å². The van der Waals surface area contributed by atoms with E-state index < -0.39 is 12.4 Å². The highest BCUT2D eigenvalue weighted by atomic mass is 16.7. The van der Waals surface area contributed by atoms with Crippen molar-refractivity contribution in [3.8, 4) is 0 Å². The zero-order chi connectivity index (χ0) is 13.1. The molecule has 1 aliphatic carbocycles. The highest BCUT2D eigenvalue weighted by molar-refractivity contribution is 4.95. The number of rotatable bonds is 5. The highest BCUT2D eigenvalue weighted by Gasteiger charge is 2.45. The van der Waals surface area contributed by atoms with Gasteiger partial charge in [-0.15, -0.1) is 0 Å². The first-order valence-electron chi connectivity index (χ1n) is 6.34. The van der Waals surface area contributed by atoms with Gasteiger partial charge < -0.3 is 20.3 Å². The minimum absolute atomic E-state index is 0.258. The van der Waals surface area contributed by atoms with Crippen LogP contribution in [0, 0.1) is 10.8 Å². The van der Waals surface area contributed by atoms with E-state index in [1.54, 1.807) is 14.2 Å². The molecule has 102 valence electrons. The van der Waals surface area contributed by atoms with Crippen LogP contribution >= 0.6 is 0 Å². The number of methoxy groups -OCH3 is 2. The van der Waals surface area contributed by atoms with Gasteiger partial charge in [-0.2, -0.15) is 0 Å². The second-order valence-corrected chi connectivity index (χ2v) is 6.02. The molecule has 0 saturated heterocycles. The summed E-state index contributed by atoms with van der Waals surface area (Å²) >= 11 is 0. The summed E-state index contributed by atoms with van der Waals surface area (Å²) in [5, 5.41) is 10.4. The van der Waals surface area contributed by atoms with Gasteiger partial charge in [0, 0.05) is 26.2 Å². The zero-order valence-corrected chi connectivity index (χ0v) is 11.5. The first-order valence-corrected chi connectivity index (χ1v) is 6.34. The van der Waals surface area contributed by atoms with Crippen LogP contribution in [0.3, 0.4) is 0 Å². The number of aliphatic hydroxyl groups is 1. The Labute approximate surface area is 104 Å². The topological polar surface area (TPSA) is 64.7 Å². The molecule has 0 aromatic carbocycles. The Balaban J connectivity index is 2.76. The van der Waals surface area contributed by atoms with Crippen molar-refractivity contribution in [3.05, 3.63) is 0 Å². The van der Waals surface area contributed by atoms with Crippen LogP contribution in [0.15, 0.2) is 0 Å². The van der Waals surface area contributed by atoms with Crippen molar-refractivity contribution in [1.82, 2.24) is 0 Å². The van der Waals surface area contributed by atoms with Crippen LogP contribution < -0.4 is 5.73 Å². The zero-order valence-electron chi connectivity index (χ0n) is 11.5. The maximum absolute atomic E-state index is 10.4.